The Labute approximate surface area is 118 Å². The van der Waals surface area contributed by atoms with E-state index in [1.54, 1.807) is 17.6 Å². The molecule has 4 nitrogen and oxygen atoms in total. The number of fused-ring (bicyclic) bond motifs is 1. The van der Waals surface area contributed by atoms with Crippen molar-refractivity contribution >= 4 is 28.0 Å². The van der Waals surface area contributed by atoms with Gasteiger partial charge in [0.05, 0.1) is 11.3 Å². The monoisotopic (exact) mass is 289 g/mol. The summed E-state index contributed by atoms with van der Waals surface area (Å²) >= 11 is 1.27. The van der Waals surface area contributed by atoms with E-state index in [2.05, 4.69) is 9.97 Å². The molecule has 2 aromatic heterocycles. The molecule has 6 heteroatoms. The fourth-order valence-corrected chi connectivity index (χ4v) is 2.88. The number of rotatable bonds is 3. The number of hydrogen-bond acceptors (Lipinski definition) is 4. The van der Waals surface area contributed by atoms with Crippen LogP contribution in [0.15, 0.2) is 29.8 Å². The number of nitrogens with zero attached hydrogens (tertiary/aromatic N) is 1. The molecule has 0 spiro atoms. The molecule has 1 atom stereocenters. The van der Waals surface area contributed by atoms with Gasteiger partial charge in [0.1, 0.15) is 5.82 Å². The molecule has 1 aromatic carbocycles. The van der Waals surface area contributed by atoms with Crippen molar-refractivity contribution in [2.24, 2.45) is 5.73 Å². The van der Waals surface area contributed by atoms with E-state index in [0.29, 0.717) is 27.2 Å². The molecule has 1 unspecified atom stereocenters. The van der Waals surface area contributed by atoms with Crippen LogP contribution in [-0.4, -0.2) is 15.8 Å². The van der Waals surface area contributed by atoms with Gasteiger partial charge in [-0.05, 0) is 25.1 Å². The third-order valence-corrected chi connectivity index (χ3v) is 3.93. The van der Waals surface area contributed by atoms with Crippen LogP contribution in [-0.2, 0) is 0 Å². The molecule has 3 N–H and O–H groups in total. The standard InChI is InChI=1S/C14H12FN3OS/c1-7(16)12-6-20-14(18-12)13(19)10-5-17-11-4-8(15)2-3-9(10)11/h2-7,17H,16H2,1H3. The number of aromatic nitrogens is 2. The Bertz CT molecular complexity index is 791. The Morgan fingerprint density at radius 2 is 2.30 bits per heavy atom. The number of halogens is 1. The molecule has 0 saturated carbocycles. The summed E-state index contributed by atoms with van der Waals surface area (Å²) < 4.78 is 13.1. The van der Waals surface area contributed by atoms with Gasteiger partial charge in [0, 0.05) is 28.5 Å². The zero-order chi connectivity index (χ0) is 14.3. The molecular weight excluding hydrogens is 277 g/mol. The highest BCUT2D eigenvalue weighted by Gasteiger charge is 2.18. The highest BCUT2D eigenvalue weighted by atomic mass is 32.1. The number of ketones is 1. The molecule has 0 saturated heterocycles. The largest absolute Gasteiger partial charge is 0.360 e. The summed E-state index contributed by atoms with van der Waals surface area (Å²) in [5.41, 5.74) is 7.52. The molecule has 3 aromatic rings. The van der Waals surface area contributed by atoms with Crippen LogP contribution < -0.4 is 5.73 Å². The van der Waals surface area contributed by atoms with Crippen LogP contribution in [0.3, 0.4) is 0 Å². The topological polar surface area (TPSA) is 71.8 Å². The van der Waals surface area contributed by atoms with Gasteiger partial charge in [0.15, 0.2) is 5.01 Å². The fraction of sp³-hybridized carbons (Fsp3) is 0.143. The summed E-state index contributed by atoms with van der Waals surface area (Å²) in [6.45, 7) is 1.82. The molecule has 0 fully saturated rings. The minimum absolute atomic E-state index is 0.181. The molecule has 0 amide bonds. The van der Waals surface area contributed by atoms with Gasteiger partial charge >= 0.3 is 0 Å². The Morgan fingerprint density at radius 3 is 3.00 bits per heavy atom. The lowest BCUT2D eigenvalue weighted by atomic mass is 10.1. The number of nitrogens with two attached hydrogens (primary N) is 1. The van der Waals surface area contributed by atoms with Crippen LogP contribution in [0.2, 0.25) is 0 Å². The first-order chi connectivity index (χ1) is 9.56. The van der Waals surface area contributed by atoms with Crippen LogP contribution in [0.1, 0.15) is 34.0 Å². The summed E-state index contributed by atoms with van der Waals surface area (Å²) in [5, 5.41) is 2.86. The molecule has 102 valence electrons. The Morgan fingerprint density at radius 1 is 1.50 bits per heavy atom. The van der Waals surface area contributed by atoms with E-state index < -0.39 is 0 Å². The van der Waals surface area contributed by atoms with Crippen molar-refractivity contribution in [2.75, 3.05) is 0 Å². The number of benzene rings is 1. The molecular formula is C14H12FN3OS. The van der Waals surface area contributed by atoms with Gasteiger partial charge in [-0.25, -0.2) is 9.37 Å². The number of carbonyl (C=O) groups excluding carboxylic acids is 1. The second kappa shape index (κ2) is 4.81. The predicted octanol–water partition coefficient (Wildman–Crippen LogP) is 3.01. The van der Waals surface area contributed by atoms with Crippen molar-refractivity contribution in [1.29, 1.82) is 0 Å². The van der Waals surface area contributed by atoms with Crippen LogP contribution in [0.25, 0.3) is 10.9 Å². The van der Waals surface area contributed by atoms with E-state index in [1.807, 2.05) is 6.92 Å². The van der Waals surface area contributed by atoms with Crippen molar-refractivity contribution in [3.05, 3.63) is 51.9 Å². The minimum atomic E-state index is -0.341. The van der Waals surface area contributed by atoms with Gasteiger partial charge in [-0.3, -0.25) is 4.79 Å². The molecule has 0 bridgehead atoms. The Balaban J connectivity index is 2.03. The molecule has 0 aliphatic carbocycles. The molecule has 0 radical (unpaired) electrons. The first-order valence-corrected chi connectivity index (χ1v) is 6.96. The smallest absolute Gasteiger partial charge is 0.223 e. The number of carbonyl (C=O) groups is 1. The third-order valence-electron chi connectivity index (χ3n) is 3.07. The van der Waals surface area contributed by atoms with Gasteiger partial charge in [0.2, 0.25) is 5.78 Å². The van der Waals surface area contributed by atoms with E-state index >= 15 is 0 Å². The zero-order valence-electron chi connectivity index (χ0n) is 10.7. The molecule has 3 rings (SSSR count). The first kappa shape index (κ1) is 13.0. The van der Waals surface area contributed by atoms with E-state index in [0.717, 1.165) is 0 Å². The highest BCUT2D eigenvalue weighted by Crippen LogP contribution is 2.24. The zero-order valence-corrected chi connectivity index (χ0v) is 11.5. The number of nitrogens with one attached hydrogen (secondary N) is 1. The number of thiazole rings is 1. The summed E-state index contributed by atoms with van der Waals surface area (Å²) in [4.78, 5) is 19.6. The summed E-state index contributed by atoms with van der Waals surface area (Å²) in [6.07, 6.45) is 1.58. The van der Waals surface area contributed by atoms with Crippen molar-refractivity contribution in [2.45, 2.75) is 13.0 Å². The Kier molecular flexibility index (Phi) is 3.11. The molecule has 2 heterocycles. The van der Waals surface area contributed by atoms with Crippen LogP contribution in [0.5, 0.6) is 0 Å². The van der Waals surface area contributed by atoms with Crippen LogP contribution >= 0.6 is 11.3 Å². The lowest BCUT2D eigenvalue weighted by Crippen LogP contribution is -2.06. The number of hydrogen-bond donors (Lipinski definition) is 2. The van der Waals surface area contributed by atoms with E-state index in [1.165, 1.54) is 23.5 Å². The molecule has 0 aliphatic rings. The fourth-order valence-electron chi connectivity index (χ4n) is 2.00. The number of H-pyrrole nitrogens is 1. The van der Waals surface area contributed by atoms with Gasteiger partial charge in [0.25, 0.3) is 0 Å². The van der Waals surface area contributed by atoms with E-state index in [4.69, 9.17) is 5.73 Å². The van der Waals surface area contributed by atoms with Gasteiger partial charge < -0.3 is 10.7 Å². The minimum Gasteiger partial charge on any atom is -0.360 e. The average Bonchev–Trinajstić information content (AvgIpc) is 3.04. The quantitative estimate of drug-likeness (QED) is 0.728. The molecule has 0 aliphatic heterocycles. The van der Waals surface area contributed by atoms with Gasteiger partial charge in [-0.1, -0.05) is 0 Å². The van der Waals surface area contributed by atoms with Gasteiger partial charge in [-0.2, -0.15) is 0 Å². The second-order valence-corrected chi connectivity index (χ2v) is 5.45. The maximum absolute atomic E-state index is 13.1. The van der Waals surface area contributed by atoms with Crippen LogP contribution in [0, 0.1) is 5.82 Å². The lowest BCUT2D eigenvalue weighted by Gasteiger charge is -1.98. The SMILES string of the molecule is CC(N)c1csc(C(=O)c2c[nH]c3cc(F)ccc23)n1. The van der Waals surface area contributed by atoms with Crippen LogP contribution in [0.4, 0.5) is 4.39 Å². The van der Waals surface area contributed by atoms with E-state index in [-0.39, 0.29) is 17.6 Å². The second-order valence-electron chi connectivity index (χ2n) is 4.59. The van der Waals surface area contributed by atoms with Crippen molar-refractivity contribution in [3.8, 4) is 0 Å². The highest BCUT2D eigenvalue weighted by molar-refractivity contribution is 7.12. The van der Waals surface area contributed by atoms with E-state index in [9.17, 15) is 9.18 Å². The molecule has 20 heavy (non-hydrogen) atoms. The third kappa shape index (κ3) is 2.13. The average molecular weight is 289 g/mol. The Hall–Kier alpha value is -2.05. The maximum atomic E-state index is 13.1. The predicted molar refractivity (Wildman–Crippen MR) is 76.4 cm³/mol. The summed E-state index contributed by atoms with van der Waals surface area (Å²) in [6, 6.07) is 4.09. The number of aromatic amines is 1. The normalized spacial score (nSPS) is 12.8. The van der Waals surface area contributed by atoms with Crippen molar-refractivity contribution < 1.29 is 9.18 Å². The lowest BCUT2D eigenvalue weighted by molar-refractivity contribution is 0.104. The first-order valence-electron chi connectivity index (χ1n) is 6.08. The van der Waals surface area contributed by atoms with Crippen molar-refractivity contribution in [3.63, 3.8) is 0 Å². The van der Waals surface area contributed by atoms with Gasteiger partial charge in [-0.15, -0.1) is 11.3 Å². The summed E-state index contributed by atoms with van der Waals surface area (Å²) in [7, 11) is 0. The summed E-state index contributed by atoms with van der Waals surface area (Å²) in [5.74, 6) is -0.522. The van der Waals surface area contributed by atoms with Crippen molar-refractivity contribution in [1.82, 2.24) is 9.97 Å². The maximum Gasteiger partial charge on any atom is 0.223 e.